The van der Waals surface area contributed by atoms with Gasteiger partial charge in [-0.15, -0.1) is 0 Å². The number of carbonyl (C=O) groups is 1. The molecule has 0 saturated carbocycles. The maximum absolute atomic E-state index is 12.9. The molecular weight excluding hydrogens is 319 g/mol. The average Bonchev–Trinajstić information content (AvgIpc) is 2.44. The molecule has 0 saturated heterocycles. The van der Waals surface area contributed by atoms with Gasteiger partial charge in [0.15, 0.2) is 0 Å². The third-order valence-corrected chi connectivity index (χ3v) is 3.99. The van der Waals surface area contributed by atoms with Crippen LogP contribution in [0.25, 0.3) is 0 Å². The second-order valence-corrected chi connectivity index (χ2v) is 6.72. The third-order valence-electron chi connectivity index (χ3n) is 2.63. The molecule has 1 heterocycles. The van der Waals surface area contributed by atoms with Crippen molar-refractivity contribution in [1.29, 1.82) is 0 Å². The SMILES string of the molecule is O=C(NCc1ccc(S(=O)(=O)Cl)cc1)c1cncc(F)c1. The van der Waals surface area contributed by atoms with Crippen LogP contribution in [0.4, 0.5) is 4.39 Å². The molecule has 0 aliphatic heterocycles. The van der Waals surface area contributed by atoms with E-state index in [0.29, 0.717) is 5.56 Å². The Bertz CT molecular complexity index is 763. The molecule has 1 amide bonds. The van der Waals surface area contributed by atoms with Crippen molar-refractivity contribution in [2.45, 2.75) is 11.4 Å². The lowest BCUT2D eigenvalue weighted by Crippen LogP contribution is -2.23. The number of halogens is 2. The van der Waals surface area contributed by atoms with Crippen molar-refractivity contribution in [1.82, 2.24) is 10.3 Å². The summed E-state index contributed by atoms with van der Waals surface area (Å²) in [4.78, 5) is 15.3. The van der Waals surface area contributed by atoms with Crippen LogP contribution in [-0.2, 0) is 15.6 Å². The molecule has 0 fully saturated rings. The number of hydrogen-bond acceptors (Lipinski definition) is 4. The molecule has 0 unspecified atom stereocenters. The fourth-order valence-corrected chi connectivity index (χ4v) is 2.36. The molecule has 2 aromatic rings. The molecule has 1 aromatic carbocycles. The lowest BCUT2D eigenvalue weighted by atomic mass is 10.2. The quantitative estimate of drug-likeness (QED) is 0.872. The van der Waals surface area contributed by atoms with Crippen molar-refractivity contribution in [3.63, 3.8) is 0 Å². The number of rotatable bonds is 4. The monoisotopic (exact) mass is 328 g/mol. The maximum atomic E-state index is 12.9. The fraction of sp³-hybridized carbons (Fsp3) is 0.0769. The molecule has 2 rings (SSSR count). The minimum absolute atomic E-state index is 0.0198. The summed E-state index contributed by atoms with van der Waals surface area (Å²) in [7, 11) is 1.43. The van der Waals surface area contributed by atoms with E-state index in [2.05, 4.69) is 10.3 Å². The van der Waals surface area contributed by atoms with E-state index in [4.69, 9.17) is 10.7 Å². The average molecular weight is 329 g/mol. The second-order valence-electron chi connectivity index (χ2n) is 4.16. The number of nitrogens with zero attached hydrogens (tertiary/aromatic N) is 1. The summed E-state index contributed by atoms with van der Waals surface area (Å²) in [6.45, 7) is 0.165. The van der Waals surface area contributed by atoms with Gasteiger partial charge in [-0.3, -0.25) is 9.78 Å². The predicted octanol–water partition coefficient (Wildman–Crippen LogP) is 2.08. The van der Waals surface area contributed by atoms with Gasteiger partial charge in [0.2, 0.25) is 0 Å². The van der Waals surface area contributed by atoms with Crippen LogP contribution in [0.1, 0.15) is 15.9 Å². The van der Waals surface area contributed by atoms with Gasteiger partial charge in [-0.05, 0) is 23.8 Å². The van der Waals surface area contributed by atoms with Crippen LogP contribution in [-0.4, -0.2) is 19.3 Å². The van der Waals surface area contributed by atoms with Gasteiger partial charge in [-0.1, -0.05) is 12.1 Å². The molecule has 0 radical (unpaired) electrons. The number of benzene rings is 1. The molecule has 0 aliphatic rings. The molecule has 1 N–H and O–H groups in total. The van der Waals surface area contributed by atoms with Gasteiger partial charge in [-0.2, -0.15) is 0 Å². The van der Waals surface area contributed by atoms with Gasteiger partial charge >= 0.3 is 0 Å². The zero-order valence-electron chi connectivity index (χ0n) is 10.6. The van der Waals surface area contributed by atoms with Gasteiger partial charge in [0.05, 0.1) is 16.7 Å². The zero-order chi connectivity index (χ0) is 15.5. The summed E-state index contributed by atoms with van der Waals surface area (Å²) in [5, 5.41) is 2.57. The molecule has 0 aliphatic carbocycles. The summed E-state index contributed by atoms with van der Waals surface area (Å²) in [6, 6.07) is 6.81. The number of hydrogen-bond donors (Lipinski definition) is 1. The summed E-state index contributed by atoms with van der Waals surface area (Å²) in [5.74, 6) is -1.07. The Morgan fingerprint density at radius 3 is 2.48 bits per heavy atom. The summed E-state index contributed by atoms with van der Waals surface area (Å²) in [5.41, 5.74) is 0.784. The zero-order valence-corrected chi connectivity index (χ0v) is 12.2. The highest BCUT2D eigenvalue weighted by atomic mass is 35.7. The Kier molecular flexibility index (Phi) is 4.54. The number of aromatic nitrogens is 1. The van der Waals surface area contributed by atoms with Crippen LogP contribution in [0.15, 0.2) is 47.6 Å². The Morgan fingerprint density at radius 1 is 1.24 bits per heavy atom. The smallest absolute Gasteiger partial charge is 0.261 e. The summed E-state index contributed by atoms with van der Waals surface area (Å²) in [6.07, 6.45) is 2.25. The minimum atomic E-state index is -3.76. The molecule has 5 nitrogen and oxygen atoms in total. The lowest BCUT2D eigenvalue weighted by molar-refractivity contribution is 0.0950. The van der Waals surface area contributed by atoms with E-state index in [1.807, 2.05) is 0 Å². The van der Waals surface area contributed by atoms with E-state index in [1.165, 1.54) is 30.5 Å². The lowest BCUT2D eigenvalue weighted by Gasteiger charge is -2.06. The van der Waals surface area contributed by atoms with Crippen molar-refractivity contribution < 1.29 is 17.6 Å². The van der Waals surface area contributed by atoms with Crippen LogP contribution < -0.4 is 5.32 Å². The summed E-state index contributed by atoms with van der Waals surface area (Å²) >= 11 is 0. The first-order chi connectivity index (χ1) is 9.86. The van der Waals surface area contributed by atoms with Crippen LogP contribution in [0, 0.1) is 5.82 Å². The molecule has 0 spiro atoms. The first kappa shape index (κ1) is 15.4. The molecular formula is C13H10ClFN2O3S. The van der Waals surface area contributed by atoms with Crippen LogP contribution in [0.5, 0.6) is 0 Å². The van der Waals surface area contributed by atoms with E-state index in [0.717, 1.165) is 12.3 Å². The van der Waals surface area contributed by atoms with Crippen LogP contribution in [0.3, 0.4) is 0 Å². The number of pyridine rings is 1. The highest BCUT2D eigenvalue weighted by Crippen LogP contribution is 2.15. The molecule has 8 heteroatoms. The highest BCUT2D eigenvalue weighted by molar-refractivity contribution is 8.13. The standard InChI is InChI=1S/C13H10ClFN2O3S/c14-21(19,20)12-3-1-9(2-4-12)6-17-13(18)10-5-11(15)8-16-7-10/h1-5,7-8H,6H2,(H,17,18). The topological polar surface area (TPSA) is 76.1 Å². The van der Waals surface area contributed by atoms with E-state index < -0.39 is 20.8 Å². The Morgan fingerprint density at radius 2 is 1.90 bits per heavy atom. The normalized spacial score (nSPS) is 11.1. The van der Waals surface area contributed by atoms with Gasteiger partial charge in [0, 0.05) is 23.4 Å². The number of amides is 1. The van der Waals surface area contributed by atoms with Crippen molar-refractivity contribution in [3.05, 3.63) is 59.7 Å². The van der Waals surface area contributed by atoms with Crippen LogP contribution in [0.2, 0.25) is 0 Å². The van der Waals surface area contributed by atoms with Gasteiger partial charge < -0.3 is 5.32 Å². The van der Waals surface area contributed by atoms with E-state index in [-0.39, 0.29) is 17.0 Å². The Hall–Kier alpha value is -1.99. The molecule has 110 valence electrons. The van der Waals surface area contributed by atoms with Crippen molar-refractivity contribution >= 4 is 25.6 Å². The van der Waals surface area contributed by atoms with E-state index in [9.17, 15) is 17.6 Å². The first-order valence-corrected chi connectivity index (χ1v) is 8.09. The Balaban J connectivity index is 2.02. The molecule has 0 atom stereocenters. The second kappa shape index (κ2) is 6.19. The number of carbonyl (C=O) groups excluding carboxylic acids is 1. The molecule has 0 bridgehead atoms. The molecule has 21 heavy (non-hydrogen) atoms. The van der Waals surface area contributed by atoms with E-state index in [1.54, 1.807) is 0 Å². The molecule has 1 aromatic heterocycles. The van der Waals surface area contributed by atoms with Crippen molar-refractivity contribution in [3.8, 4) is 0 Å². The van der Waals surface area contributed by atoms with Gasteiger partial charge in [0.25, 0.3) is 15.0 Å². The third kappa shape index (κ3) is 4.24. The summed E-state index contributed by atoms with van der Waals surface area (Å²) < 4.78 is 35.1. The van der Waals surface area contributed by atoms with Crippen molar-refractivity contribution in [2.24, 2.45) is 0 Å². The van der Waals surface area contributed by atoms with Crippen LogP contribution >= 0.6 is 10.7 Å². The fourth-order valence-electron chi connectivity index (χ4n) is 1.59. The largest absolute Gasteiger partial charge is 0.348 e. The first-order valence-electron chi connectivity index (χ1n) is 5.78. The van der Waals surface area contributed by atoms with Gasteiger partial charge in [-0.25, -0.2) is 12.8 Å². The number of nitrogens with one attached hydrogen (secondary N) is 1. The van der Waals surface area contributed by atoms with Crippen molar-refractivity contribution in [2.75, 3.05) is 0 Å². The van der Waals surface area contributed by atoms with Gasteiger partial charge in [0.1, 0.15) is 5.82 Å². The Labute approximate surface area is 125 Å². The minimum Gasteiger partial charge on any atom is -0.348 e. The van der Waals surface area contributed by atoms with E-state index >= 15 is 0 Å². The predicted molar refractivity (Wildman–Crippen MR) is 74.8 cm³/mol. The highest BCUT2D eigenvalue weighted by Gasteiger charge is 2.10. The maximum Gasteiger partial charge on any atom is 0.261 e.